The lowest BCUT2D eigenvalue weighted by molar-refractivity contribution is 0.102. The molecule has 0 radical (unpaired) electrons. The molecule has 7 heteroatoms. The highest BCUT2D eigenvalue weighted by Gasteiger charge is 2.12. The van der Waals surface area contributed by atoms with Crippen molar-refractivity contribution in [1.29, 1.82) is 0 Å². The molecule has 0 spiro atoms. The number of amides is 1. The van der Waals surface area contributed by atoms with Crippen LogP contribution in [0.25, 0.3) is 0 Å². The van der Waals surface area contributed by atoms with E-state index in [1.54, 1.807) is 24.3 Å². The molecule has 0 unspecified atom stereocenters. The summed E-state index contributed by atoms with van der Waals surface area (Å²) in [5.41, 5.74) is 6.42. The summed E-state index contributed by atoms with van der Waals surface area (Å²) in [4.78, 5) is 12.1. The first-order chi connectivity index (χ1) is 10.0. The summed E-state index contributed by atoms with van der Waals surface area (Å²) < 4.78 is 13.7. The first-order valence-corrected chi connectivity index (χ1v) is 6.65. The molecule has 0 atom stereocenters. The first kappa shape index (κ1) is 15.0. The van der Waals surface area contributed by atoms with Gasteiger partial charge >= 0.3 is 0 Å². The first-order valence-electron chi connectivity index (χ1n) is 5.86. The molecule has 21 heavy (non-hydrogen) atoms. The Balaban J connectivity index is 2.30. The van der Waals surface area contributed by atoms with Gasteiger partial charge in [0.25, 0.3) is 5.91 Å². The van der Waals surface area contributed by atoms with Gasteiger partial charge in [-0.15, -0.1) is 0 Å². The molecule has 4 N–H and O–H groups in total. The zero-order chi connectivity index (χ0) is 15.4. The Morgan fingerprint density at radius 3 is 2.67 bits per heavy atom. The summed E-state index contributed by atoms with van der Waals surface area (Å²) in [5, 5.41) is 14.2. The number of halogens is 2. The number of para-hydroxylation sites is 1. The molecular weight excluding hydrogens is 341 g/mol. The van der Waals surface area contributed by atoms with Crippen molar-refractivity contribution in [2.75, 3.05) is 5.32 Å². The van der Waals surface area contributed by atoms with E-state index in [1.165, 1.54) is 12.1 Å². The number of nitrogens with one attached hydrogen (secondary N) is 1. The predicted molar refractivity (Wildman–Crippen MR) is 81.0 cm³/mol. The van der Waals surface area contributed by atoms with Crippen LogP contribution in [0.15, 0.2) is 52.1 Å². The Hall–Kier alpha value is -2.41. The summed E-state index contributed by atoms with van der Waals surface area (Å²) in [6.07, 6.45) is 0. The lowest BCUT2D eigenvalue weighted by Gasteiger charge is -2.10. The van der Waals surface area contributed by atoms with Crippen LogP contribution in [-0.4, -0.2) is 17.0 Å². The van der Waals surface area contributed by atoms with E-state index in [-0.39, 0.29) is 15.9 Å². The highest BCUT2D eigenvalue weighted by Crippen LogP contribution is 2.19. The van der Waals surface area contributed by atoms with Crippen molar-refractivity contribution in [3.8, 4) is 0 Å². The molecule has 2 aromatic rings. The van der Waals surface area contributed by atoms with Crippen LogP contribution < -0.4 is 11.1 Å². The predicted octanol–water partition coefficient (Wildman–Crippen LogP) is 2.94. The maximum absolute atomic E-state index is 13.4. The second kappa shape index (κ2) is 6.36. The summed E-state index contributed by atoms with van der Waals surface area (Å²) in [6.45, 7) is 0. The number of carbonyl (C=O) groups excluding carboxylic acids is 1. The minimum Gasteiger partial charge on any atom is -0.409 e. The van der Waals surface area contributed by atoms with Crippen molar-refractivity contribution in [3.63, 3.8) is 0 Å². The molecule has 2 aromatic carbocycles. The Kier molecular flexibility index (Phi) is 4.54. The lowest BCUT2D eigenvalue weighted by atomic mass is 10.1. The zero-order valence-electron chi connectivity index (χ0n) is 10.7. The van der Waals surface area contributed by atoms with Crippen LogP contribution in [0.5, 0.6) is 0 Å². The third kappa shape index (κ3) is 3.38. The molecule has 0 bridgehead atoms. The molecule has 0 aliphatic heterocycles. The fourth-order valence-corrected chi connectivity index (χ4v) is 1.95. The number of benzene rings is 2. The van der Waals surface area contributed by atoms with Crippen LogP contribution in [0.2, 0.25) is 0 Å². The topological polar surface area (TPSA) is 87.7 Å². The van der Waals surface area contributed by atoms with Gasteiger partial charge in [0, 0.05) is 11.1 Å². The second-order valence-electron chi connectivity index (χ2n) is 4.11. The Morgan fingerprint density at radius 1 is 1.29 bits per heavy atom. The molecule has 0 aliphatic rings. The van der Waals surface area contributed by atoms with E-state index in [2.05, 4.69) is 26.4 Å². The maximum Gasteiger partial charge on any atom is 0.255 e. The summed E-state index contributed by atoms with van der Waals surface area (Å²) in [7, 11) is 0. The Bertz CT molecular complexity index is 719. The van der Waals surface area contributed by atoms with Gasteiger partial charge in [0.15, 0.2) is 5.84 Å². The molecule has 1 amide bonds. The van der Waals surface area contributed by atoms with Crippen LogP contribution in [0.4, 0.5) is 10.1 Å². The van der Waals surface area contributed by atoms with Crippen LogP contribution in [0.3, 0.4) is 0 Å². The molecule has 0 aliphatic carbocycles. The quantitative estimate of drug-likeness (QED) is 0.344. The maximum atomic E-state index is 13.4. The van der Waals surface area contributed by atoms with Crippen molar-refractivity contribution < 1.29 is 14.4 Å². The normalized spacial score (nSPS) is 11.2. The smallest absolute Gasteiger partial charge is 0.255 e. The summed E-state index contributed by atoms with van der Waals surface area (Å²) >= 11 is 3.02. The number of hydrogen-bond donors (Lipinski definition) is 3. The zero-order valence-corrected chi connectivity index (χ0v) is 12.3. The second-order valence-corrected chi connectivity index (χ2v) is 4.97. The van der Waals surface area contributed by atoms with E-state index in [1.807, 2.05) is 0 Å². The third-order valence-corrected chi connectivity index (χ3v) is 3.38. The average Bonchev–Trinajstić information content (AvgIpc) is 2.49. The number of carbonyl (C=O) groups is 1. The number of amidine groups is 1. The van der Waals surface area contributed by atoms with Gasteiger partial charge in [-0.05, 0) is 46.3 Å². The number of nitrogens with two attached hydrogens (primary N) is 1. The van der Waals surface area contributed by atoms with Crippen LogP contribution in [0, 0.1) is 5.82 Å². The molecule has 0 aromatic heterocycles. The average molecular weight is 352 g/mol. The number of anilines is 1. The molecule has 2 rings (SSSR count). The lowest BCUT2D eigenvalue weighted by Crippen LogP contribution is -2.19. The van der Waals surface area contributed by atoms with Crippen molar-refractivity contribution in [2.24, 2.45) is 10.9 Å². The van der Waals surface area contributed by atoms with Gasteiger partial charge in [-0.25, -0.2) is 4.39 Å². The minimum absolute atomic E-state index is 0.132. The fourth-order valence-electron chi connectivity index (χ4n) is 1.70. The van der Waals surface area contributed by atoms with E-state index in [0.717, 1.165) is 6.07 Å². The van der Waals surface area contributed by atoms with Gasteiger partial charge in [-0.1, -0.05) is 17.3 Å². The van der Waals surface area contributed by atoms with Crippen LogP contribution >= 0.6 is 15.9 Å². The van der Waals surface area contributed by atoms with E-state index in [0.29, 0.717) is 11.3 Å². The number of rotatable bonds is 3. The van der Waals surface area contributed by atoms with E-state index < -0.39 is 11.7 Å². The number of hydrogen-bond acceptors (Lipinski definition) is 3. The molecule has 0 saturated heterocycles. The third-order valence-electron chi connectivity index (χ3n) is 2.74. The van der Waals surface area contributed by atoms with Crippen LogP contribution in [-0.2, 0) is 0 Å². The van der Waals surface area contributed by atoms with Crippen molar-refractivity contribution in [2.45, 2.75) is 0 Å². The molecule has 5 nitrogen and oxygen atoms in total. The Labute approximate surface area is 128 Å². The molecule has 108 valence electrons. The highest BCUT2D eigenvalue weighted by molar-refractivity contribution is 9.10. The fraction of sp³-hybridized carbons (Fsp3) is 0. The SMILES string of the molecule is NC(=NO)c1ccccc1NC(=O)c1ccc(Br)c(F)c1. The largest absolute Gasteiger partial charge is 0.409 e. The van der Waals surface area contributed by atoms with E-state index >= 15 is 0 Å². The van der Waals surface area contributed by atoms with Gasteiger partial charge in [-0.3, -0.25) is 4.79 Å². The molecule has 0 heterocycles. The van der Waals surface area contributed by atoms with E-state index in [9.17, 15) is 9.18 Å². The summed E-state index contributed by atoms with van der Waals surface area (Å²) in [6, 6.07) is 10.6. The number of oxime groups is 1. The molecule has 0 fully saturated rings. The Morgan fingerprint density at radius 2 is 2.00 bits per heavy atom. The van der Waals surface area contributed by atoms with Gasteiger partial charge in [-0.2, -0.15) is 0 Å². The van der Waals surface area contributed by atoms with Gasteiger partial charge in [0.2, 0.25) is 0 Å². The minimum atomic E-state index is -0.535. The van der Waals surface area contributed by atoms with E-state index in [4.69, 9.17) is 10.9 Å². The van der Waals surface area contributed by atoms with Crippen molar-refractivity contribution >= 4 is 33.4 Å². The highest BCUT2D eigenvalue weighted by atomic mass is 79.9. The van der Waals surface area contributed by atoms with Gasteiger partial charge in [0.1, 0.15) is 5.82 Å². The monoisotopic (exact) mass is 351 g/mol. The summed E-state index contributed by atoms with van der Waals surface area (Å²) in [5.74, 6) is -1.17. The molecular formula is C14H11BrFN3O2. The van der Waals surface area contributed by atoms with Crippen molar-refractivity contribution in [1.82, 2.24) is 0 Å². The standard InChI is InChI=1S/C14H11BrFN3O2/c15-10-6-5-8(7-11(10)16)14(20)18-12-4-2-1-3-9(12)13(17)19-21/h1-7,21H,(H2,17,19)(H,18,20). The van der Waals surface area contributed by atoms with Gasteiger partial charge < -0.3 is 16.3 Å². The van der Waals surface area contributed by atoms with Crippen molar-refractivity contribution in [3.05, 3.63) is 63.9 Å². The molecule has 0 saturated carbocycles. The van der Waals surface area contributed by atoms with Gasteiger partial charge in [0.05, 0.1) is 10.2 Å². The van der Waals surface area contributed by atoms with Crippen LogP contribution in [0.1, 0.15) is 15.9 Å². The number of nitrogens with zero attached hydrogens (tertiary/aromatic N) is 1.